The topological polar surface area (TPSA) is 32.3 Å². The van der Waals surface area contributed by atoms with Crippen LogP contribution in [0.4, 0.5) is 0 Å². The number of nitrogens with one attached hydrogen (secondary N) is 1. The normalized spacial score (nSPS) is 22.7. The van der Waals surface area contributed by atoms with Gasteiger partial charge in [-0.05, 0) is 38.3 Å². The van der Waals surface area contributed by atoms with E-state index < -0.39 is 0 Å². The van der Waals surface area contributed by atoms with Crippen LogP contribution in [0.2, 0.25) is 0 Å². The molecule has 3 nitrogen and oxygen atoms in total. The Morgan fingerprint density at radius 2 is 1.93 bits per heavy atom. The van der Waals surface area contributed by atoms with E-state index in [-0.39, 0.29) is 5.92 Å². The third kappa shape index (κ3) is 3.20. The van der Waals surface area contributed by atoms with Crippen molar-refractivity contribution in [3.05, 3.63) is 0 Å². The van der Waals surface area contributed by atoms with E-state index in [4.69, 9.17) is 0 Å². The number of carbonyl (C=O) groups excluding carboxylic acids is 1. The molecule has 86 valence electrons. The average Bonchev–Trinajstić information content (AvgIpc) is 3.10. The van der Waals surface area contributed by atoms with Crippen molar-refractivity contribution in [1.82, 2.24) is 10.2 Å². The number of hydrogen-bond acceptors (Lipinski definition) is 2. The Balaban J connectivity index is 1.71. The lowest BCUT2D eigenvalue weighted by molar-refractivity contribution is -0.135. The van der Waals surface area contributed by atoms with Crippen LogP contribution in [-0.2, 0) is 4.79 Å². The summed E-state index contributed by atoms with van der Waals surface area (Å²) in [5.74, 6) is 1.58. The molecule has 3 heteroatoms. The van der Waals surface area contributed by atoms with Crippen molar-refractivity contribution in [2.75, 3.05) is 26.7 Å². The molecule has 0 spiro atoms. The second-order valence-electron chi connectivity index (χ2n) is 5.02. The van der Waals surface area contributed by atoms with Gasteiger partial charge in [-0.2, -0.15) is 0 Å². The van der Waals surface area contributed by atoms with E-state index in [1.54, 1.807) is 0 Å². The van der Waals surface area contributed by atoms with Crippen LogP contribution in [0.25, 0.3) is 0 Å². The number of rotatable bonds is 4. The molecule has 1 aliphatic heterocycles. The second-order valence-corrected chi connectivity index (χ2v) is 5.02. The minimum atomic E-state index is 0.287. The number of amides is 1. The number of nitrogens with zero attached hydrogens (tertiary/aromatic N) is 1. The fourth-order valence-corrected chi connectivity index (χ4v) is 2.27. The summed E-state index contributed by atoms with van der Waals surface area (Å²) in [5, 5.41) is 3.30. The van der Waals surface area contributed by atoms with Gasteiger partial charge in [-0.1, -0.05) is 12.8 Å². The van der Waals surface area contributed by atoms with Gasteiger partial charge < -0.3 is 10.2 Å². The molecule has 1 heterocycles. The average molecular weight is 210 g/mol. The first-order valence-electron chi connectivity index (χ1n) is 6.23. The van der Waals surface area contributed by atoms with Crippen molar-refractivity contribution in [1.29, 1.82) is 0 Å². The zero-order valence-electron chi connectivity index (χ0n) is 9.67. The van der Waals surface area contributed by atoms with Crippen LogP contribution in [0.1, 0.15) is 32.1 Å². The van der Waals surface area contributed by atoms with Gasteiger partial charge in [0.15, 0.2) is 0 Å². The monoisotopic (exact) mass is 210 g/mol. The van der Waals surface area contributed by atoms with Gasteiger partial charge >= 0.3 is 0 Å². The van der Waals surface area contributed by atoms with Crippen LogP contribution in [0.5, 0.6) is 0 Å². The van der Waals surface area contributed by atoms with Crippen molar-refractivity contribution >= 4 is 5.91 Å². The molecule has 0 atom stereocenters. The van der Waals surface area contributed by atoms with Gasteiger partial charge in [-0.15, -0.1) is 0 Å². The lowest BCUT2D eigenvalue weighted by Crippen LogP contribution is -2.39. The number of piperidine rings is 1. The molecule has 1 aliphatic carbocycles. The fourth-order valence-electron chi connectivity index (χ4n) is 2.27. The molecule has 15 heavy (non-hydrogen) atoms. The molecule has 0 aromatic rings. The Morgan fingerprint density at radius 3 is 2.53 bits per heavy atom. The van der Waals surface area contributed by atoms with E-state index in [0.29, 0.717) is 5.91 Å². The maximum Gasteiger partial charge on any atom is 0.225 e. The molecule has 1 amide bonds. The highest BCUT2D eigenvalue weighted by Crippen LogP contribution is 2.32. The highest BCUT2D eigenvalue weighted by Gasteiger charge is 2.26. The fraction of sp³-hybridized carbons (Fsp3) is 0.917. The summed E-state index contributed by atoms with van der Waals surface area (Å²) in [4.78, 5) is 14.0. The number of carbonyl (C=O) groups is 1. The van der Waals surface area contributed by atoms with Crippen LogP contribution in [-0.4, -0.2) is 37.5 Å². The quantitative estimate of drug-likeness (QED) is 0.757. The lowest BCUT2D eigenvalue weighted by Gasteiger charge is -2.26. The van der Waals surface area contributed by atoms with E-state index in [2.05, 4.69) is 5.32 Å². The zero-order chi connectivity index (χ0) is 10.7. The highest BCUT2D eigenvalue weighted by molar-refractivity contribution is 5.78. The molecule has 1 saturated heterocycles. The maximum absolute atomic E-state index is 12.0. The summed E-state index contributed by atoms with van der Waals surface area (Å²) in [5.41, 5.74) is 0. The Kier molecular flexibility index (Phi) is 3.62. The van der Waals surface area contributed by atoms with E-state index in [1.165, 1.54) is 19.3 Å². The summed E-state index contributed by atoms with van der Waals surface area (Å²) in [6.45, 7) is 2.98. The molecule has 0 aromatic carbocycles. The van der Waals surface area contributed by atoms with E-state index >= 15 is 0 Å². The van der Waals surface area contributed by atoms with Crippen molar-refractivity contribution in [2.45, 2.75) is 32.1 Å². The Hall–Kier alpha value is -0.570. The van der Waals surface area contributed by atoms with Crippen molar-refractivity contribution < 1.29 is 4.79 Å². The van der Waals surface area contributed by atoms with Gasteiger partial charge in [0.2, 0.25) is 5.91 Å². The van der Waals surface area contributed by atoms with Crippen LogP contribution in [0.15, 0.2) is 0 Å². The molecule has 0 aromatic heterocycles. The first-order valence-corrected chi connectivity index (χ1v) is 6.23. The van der Waals surface area contributed by atoms with Gasteiger partial charge in [-0.25, -0.2) is 0 Å². The van der Waals surface area contributed by atoms with E-state index in [0.717, 1.165) is 38.4 Å². The largest absolute Gasteiger partial charge is 0.346 e. The third-order valence-corrected chi connectivity index (χ3v) is 3.63. The van der Waals surface area contributed by atoms with Crippen molar-refractivity contribution in [3.63, 3.8) is 0 Å². The molecule has 0 radical (unpaired) electrons. The van der Waals surface area contributed by atoms with E-state index in [9.17, 15) is 4.79 Å². The van der Waals surface area contributed by atoms with Crippen LogP contribution >= 0.6 is 0 Å². The van der Waals surface area contributed by atoms with Gasteiger partial charge in [0.05, 0.1) is 0 Å². The summed E-state index contributed by atoms with van der Waals surface area (Å²) in [6.07, 6.45) is 6.02. The molecule has 2 aliphatic rings. The minimum absolute atomic E-state index is 0.287. The van der Waals surface area contributed by atoms with Gasteiger partial charge in [-0.3, -0.25) is 4.79 Å². The standard InChI is InChI=1S/C12H22N2O/c1-14(9-6-10-2-3-10)12(15)11-4-7-13-8-5-11/h10-11,13H,2-9H2,1H3. The molecule has 0 unspecified atom stereocenters. The second kappa shape index (κ2) is 4.97. The minimum Gasteiger partial charge on any atom is -0.346 e. The SMILES string of the molecule is CN(CCC1CC1)C(=O)C1CCNCC1. The predicted octanol–water partition coefficient (Wildman–Crippen LogP) is 1.24. The molecule has 2 rings (SSSR count). The molecule has 0 bridgehead atoms. The van der Waals surface area contributed by atoms with Crippen LogP contribution in [0, 0.1) is 11.8 Å². The first-order chi connectivity index (χ1) is 7.27. The molecule has 1 N–H and O–H groups in total. The van der Waals surface area contributed by atoms with Crippen molar-refractivity contribution in [2.24, 2.45) is 11.8 Å². The Morgan fingerprint density at radius 1 is 1.27 bits per heavy atom. The number of hydrogen-bond donors (Lipinski definition) is 1. The molecular weight excluding hydrogens is 188 g/mol. The van der Waals surface area contributed by atoms with Gasteiger partial charge in [0.1, 0.15) is 0 Å². The van der Waals surface area contributed by atoms with Crippen molar-refractivity contribution in [3.8, 4) is 0 Å². The smallest absolute Gasteiger partial charge is 0.225 e. The van der Waals surface area contributed by atoms with Crippen LogP contribution in [0.3, 0.4) is 0 Å². The van der Waals surface area contributed by atoms with Gasteiger partial charge in [0.25, 0.3) is 0 Å². The summed E-state index contributed by atoms with van der Waals surface area (Å²) in [6, 6.07) is 0. The molecule has 2 fully saturated rings. The van der Waals surface area contributed by atoms with E-state index in [1.807, 2.05) is 11.9 Å². The van der Waals surface area contributed by atoms with Crippen LogP contribution < -0.4 is 5.32 Å². The first kappa shape index (κ1) is 10.9. The summed E-state index contributed by atoms with van der Waals surface area (Å²) in [7, 11) is 1.97. The Labute approximate surface area is 92.2 Å². The van der Waals surface area contributed by atoms with Gasteiger partial charge in [0, 0.05) is 19.5 Å². The predicted molar refractivity (Wildman–Crippen MR) is 60.6 cm³/mol. The maximum atomic E-state index is 12.0. The molecule has 1 saturated carbocycles. The highest BCUT2D eigenvalue weighted by atomic mass is 16.2. The molecular formula is C12H22N2O. The summed E-state index contributed by atoms with van der Waals surface area (Å²) < 4.78 is 0. The lowest BCUT2D eigenvalue weighted by atomic mass is 9.96. The summed E-state index contributed by atoms with van der Waals surface area (Å²) >= 11 is 0. The third-order valence-electron chi connectivity index (χ3n) is 3.63. The zero-order valence-corrected chi connectivity index (χ0v) is 9.67. The Bertz CT molecular complexity index is 220.